The topological polar surface area (TPSA) is 58.1 Å². The fourth-order valence-corrected chi connectivity index (χ4v) is 3.66. The molecule has 1 amide bonds. The van der Waals surface area contributed by atoms with Crippen LogP contribution in [0.3, 0.4) is 0 Å². The maximum atomic E-state index is 12.9. The summed E-state index contributed by atoms with van der Waals surface area (Å²) >= 11 is 6.14. The molecule has 1 aliphatic rings. The second-order valence-electron chi connectivity index (χ2n) is 6.53. The van der Waals surface area contributed by atoms with Crippen LogP contribution in [0.15, 0.2) is 30.5 Å². The number of halogens is 1. The Kier molecular flexibility index (Phi) is 3.69. The average Bonchev–Trinajstić information content (AvgIpc) is 3.14. The van der Waals surface area contributed by atoms with Gasteiger partial charge in [-0.3, -0.25) is 9.59 Å². The Balaban J connectivity index is 1.68. The Labute approximate surface area is 150 Å². The van der Waals surface area contributed by atoms with Gasteiger partial charge in [-0.25, -0.2) is 0 Å². The Morgan fingerprint density at radius 1 is 1.24 bits per heavy atom. The van der Waals surface area contributed by atoms with E-state index in [0.29, 0.717) is 29.4 Å². The molecule has 0 spiro atoms. The van der Waals surface area contributed by atoms with E-state index in [1.807, 2.05) is 23.1 Å². The quantitative estimate of drug-likeness (QED) is 0.714. The summed E-state index contributed by atoms with van der Waals surface area (Å²) in [5.41, 5.74) is 4.42. The number of aromatic nitrogens is 2. The van der Waals surface area contributed by atoms with E-state index in [4.69, 9.17) is 11.6 Å². The van der Waals surface area contributed by atoms with Gasteiger partial charge in [-0.1, -0.05) is 11.6 Å². The van der Waals surface area contributed by atoms with Crippen molar-refractivity contribution in [2.24, 2.45) is 7.05 Å². The van der Waals surface area contributed by atoms with Gasteiger partial charge in [0.1, 0.15) is 5.69 Å². The van der Waals surface area contributed by atoms with Crippen LogP contribution < -0.4 is 0 Å². The molecule has 0 bridgehead atoms. The van der Waals surface area contributed by atoms with Gasteiger partial charge in [0.2, 0.25) is 0 Å². The zero-order valence-corrected chi connectivity index (χ0v) is 14.9. The van der Waals surface area contributed by atoms with Gasteiger partial charge >= 0.3 is 0 Å². The summed E-state index contributed by atoms with van der Waals surface area (Å²) in [5, 5.41) is 1.75. The Bertz CT molecular complexity index is 1020. The molecule has 4 rings (SSSR count). The SMILES string of the molecule is CC(=O)c1cc(C(=O)N2CCc3[nH]c4ccc(Cl)cc4c3C2)n(C)c1. The second kappa shape index (κ2) is 5.77. The molecule has 0 radical (unpaired) electrons. The minimum absolute atomic E-state index is 0.0400. The standard InChI is InChI=1S/C19H18ClN3O2/c1-11(24)12-7-18(22(2)9-12)19(25)23-6-5-17-15(10-23)14-8-13(20)3-4-16(14)21-17/h3-4,7-9,21H,5-6,10H2,1-2H3. The van der Waals surface area contributed by atoms with Crippen molar-refractivity contribution in [1.29, 1.82) is 0 Å². The summed E-state index contributed by atoms with van der Waals surface area (Å²) in [4.78, 5) is 29.8. The molecule has 1 aromatic carbocycles. The summed E-state index contributed by atoms with van der Waals surface area (Å²) in [6.07, 6.45) is 2.48. The van der Waals surface area contributed by atoms with Crippen LogP contribution in [0.1, 0.15) is 39.0 Å². The zero-order valence-electron chi connectivity index (χ0n) is 14.1. The first-order chi connectivity index (χ1) is 11.9. The van der Waals surface area contributed by atoms with Crippen molar-refractivity contribution in [2.45, 2.75) is 19.9 Å². The number of aromatic amines is 1. The summed E-state index contributed by atoms with van der Waals surface area (Å²) in [6.45, 7) is 2.69. The molecule has 3 heterocycles. The van der Waals surface area contributed by atoms with Crippen LogP contribution in [-0.4, -0.2) is 32.7 Å². The summed E-state index contributed by atoms with van der Waals surface area (Å²) in [6, 6.07) is 7.45. The molecule has 2 aromatic heterocycles. The van der Waals surface area contributed by atoms with Gasteiger partial charge in [-0.15, -0.1) is 0 Å². The number of hydrogen-bond acceptors (Lipinski definition) is 2. The number of nitrogens with zero attached hydrogens (tertiary/aromatic N) is 2. The lowest BCUT2D eigenvalue weighted by Crippen LogP contribution is -2.36. The molecule has 5 nitrogen and oxygen atoms in total. The lowest BCUT2D eigenvalue weighted by atomic mass is 10.0. The molecule has 6 heteroatoms. The normalized spacial score (nSPS) is 14.0. The van der Waals surface area contributed by atoms with Gasteiger partial charge in [0, 0.05) is 65.5 Å². The number of ketones is 1. The minimum Gasteiger partial charge on any atom is -0.358 e. The number of carbonyl (C=O) groups is 2. The zero-order chi connectivity index (χ0) is 17.7. The number of amides is 1. The molecule has 0 unspecified atom stereocenters. The third kappa shape index (κ3) is 2.65. The highest BCUT2D eigenvalue weighted by Gasteiger charge is 2.26. The second-order valence-corrected chi connectivity index (χ2v) is 6.97. The molecule has 0 aliphatic carbocycles. The molecule has 0 saturated carbocycles. The number of hydrogen-bond donors (Lipinski definition) is 1. The van der Waals surface area contributed by atoms with Crippen molar-refractivity contribution in [2.75, 3.05) is 6.54 Å². The van der Waals surface area contributed by atoms with E-state index in [2.05, 4.69) is 4.98 Å². The van der Waals surface area contributed by atoms with Gasteiger partial charge in [-0.2, -0.15) is 0 Å². The molecule has 25 heavy (non-hydrogen) atoms. The average molecular weight is 356 g/mol. The van der Waals surface area contributed by atoms with Crippen LogP contribution in [0.25, 0.3) is 10.9 Å². The third-order valence-electron chi connectivity index (χ3n) is 4.86. The molecular weight excluding hydrogens is 338 g/mol. The largest absolute Gasteiger partial charge is 0.358 e. The first kappa shape index (κ1) is 16.0. The number of fused-ring (bicyclic) bond motifs is 3. The van der Waals surface area contributed by atoms with Crippen molar-refractivity contribution < 1.29 is 9.59 Å². The van der Waals surface area contributed by atoms with E-state index < -0.39 is 0 Å². The highest BCUT2D eigenvalue weighted by atomic mass is 35.5. The third-order valence-corrected chi connectivity index (χ3v) is 5.09. The number of aryl methyl sites for hydroxylation is 1. The summed E-state index contributed by atoms with van der Waals surface area (Å²) < 4.78 is 1.72. The summed E-state index contributed by atoms with van der Waals surface area (Å²) in [5.74, 6) is -0.0983. The van der Waals surface area contributed by atoms with Gasteiger partial charge in [0.05, 0.1) is 0 Å². The van der Waals surface area contributed by atoms with Crippen LogP contribution in [-0.2, 0) is 20.0 Å². The lowest BCUT2D eigenvalue weighted by molar-refractivity contribution is 0.0725. The fraction of sp³-hybridized carbons (Fsp3) is 0.263. The Hall–Kier alpha value is -2.53. The lowest BCUT2D eigenvalue weighted by Gasteiger charge is -2.27. The van der Waals surface area contributed by atoms with Crippen LogP contribution in [0.5, 0.6) is 0 Å². The molecule has 0 fully saturated rings. The van der Waals surface area contributed by atoms with Crippen molar-refractivity contribution in [3.05, 3.63) is 58.0 Å². The van der Waals surface area contributed by atoms with E-state index in [1.165, 1.54) is 6.92 Å². The monoisotopic (exact) mass is 355 g/mol. The van der Waals surface area contributed by atoms with Crippen molar-refractivity contribution >= 4 is 34.2 Å². The van der Waals surface area contributed by atoms with Crippen molar-refractivity contribution in [3.8, 4) is 0 Å². The minimum atomic E-state index is -0.0583. The van der Waals surface area contributed by atoms with Crippen LogP contribution in [0.4, 0.5) is 0 Å². The molecule has 1 N–H and O–H groups in total. The molecule has 1 aliphatic heterocycles. The van der Waals surface area contributed by atoms with Gasteiger partial charge < -0.3 is 14.5 Å². The summed E-state index contributed by atoms with van der Waals surface area (Å²) in [7, 11) is 1.79. The molecule has 128 valence electrons. The van der Waals surface area contributed by atoms with Gasteiger partial charge in [0.25, 0.3) is 5.91 Å². The predicted octanol–water partition coefficient (Wildman–Crippen LogP) is 3.56. The molecule has 0 atom stereocenters. The fourth-order valence-electron chi connectivity index (χ4n) is 3.49. The van der Waals surface area contributed by atoms with Gasteiger partial charge in [-0.05, 0) is 31.2 Å². The van der Waals surface area contributed by atoms with Gasteiger partial charge in [0.15, 0.2) is 5.78 Å². The number of Topliss-reactive ketones (excluding diaryl/α,β-unsaturated/α-hetero) is 1. The smallest absolute Gasteiger partial charge is 0.270 e. The highest BCUT2D eigenvalue weighted by Crippen LogP contribution is 2.30. The maximum Gasteiger partial charge on any atom is 0.270 e. The molecule has 0 saturated heterocycles. The Morgan fingerprint density at radius 3 is 2.76 bits per heavy atom. The van der Waals surface area contributed by atoms with E-state index in [1.54, 1.807) is 23.9 Å². The predicted molar refractivity (Wildman–Crippen MR) is 97.2 cm³/mol. The van der Waals surface area contributed by atoms with Crippen LogP contribution in [0, 0.1) is 0 Å². The van der Waals surface area contributed by atoms with E-state index in [-0.39, 0.29) is 11.7 Å². The highest BCUT2D eigenvalue weighted by molar-refractivity contribution is 6.31. The van der Waals surface area contributed by atoms with Crippen LogP contribution in [0.2, 0.25) is 5.02 Å². The molecule has 3 aromatic rings. The number of carbonyl (C=O) groups excluding carboxylic acids is 2. The number of rotatable bonds is 2. The number of nitrogens with one attached hydrogen (secondary N) is 1. The van der Waals surface area contributed by atoms with Crippen molar-refractivity contribution in [1.82, 2.24) is 14.5 Å². The first-order valence-corrected chi connectivity index (χ1v) is 8.57. The maximum absolute atomic E-state index is 12.9. The number of benzene rings is 1. The van der Waals surface area contributed by atoms with E-state index in [9.17, 15) is 9.59 Å². The van der Waals surface area contributed by atoms with Crippen LogP contribution >= 0.6 is 11.6 Å². The Morgan fingerprint density at radius 2 is 2.04 bits per heavy atom. The van der Waals surface area contributed by atoms with E-state index >= 15 is 0 Å². The molecular formula is C19H18ClN3O2. The van der Waals surface area contributed by atoms with E-state index in [0.717, 1.165) is 28.6 Å². The first-order valence-electron chi connectivity index (χ1n) is 8.19. The number of H-pyrrole nitrogens is 1. The van der Waals surface area contributed by atoms with Crippen molar-refractivity contribution in [3.63, 3.8) is 0 Å².